The number of hydrogen-bond donors (Lipinski definition) is 0. The highest BCUT2D eigenvalue weighted by atomic mass is 32.2. The van der Waals surface area contributed by atoms with Crippen LogP contribution in [0.25, 0.3) is 0 Å². The smallest absolute Gasteiger partial charge is 0.243 e. The molecule has 1 saturated heterocycles. The van der Waals surface area contributed by atoms with Gasteiger partial charge in [0.2, 0.25) is 10.0 Å². The molecule has 1 atom stereocenters. The second-order valence-corrected chi connectivity index (χ2v) is 8.55. The van der Waals surface area contributed by atoms with Crippen molar-refractivity contribution in [3.8, 4) is 0 Å². The summed E-state index contributed by atoms with van der Waals surface area (Å²) >= 11 is 0. The van der Waals surface area contributed by atoms with Gasteiger partial charge in [0.1, 0.15) is 0 Å². The van der Waals surface area contributed by atoms with E-state index in [-0.39, 0.29) is 17.6 Å². The normalized spacial score (nSPS) is 23.7. The van der Waals surface area contributed by atoms with Crippen molar-refractivity contribution in [1.29, 1.82) is 0 Å². The number of sulfonamides is 1. The number of benzene rings is 1. The van der Waals surface area contributed by atoms with Crippen molar-refractivity contribution in [1.82, 2.24) is 4.31 Å². The summed E-state index contributed by atoms with van der Waals surface area (Å²) in [4.78, 5) is 12.4. The molecule has 0 radical (unpaired) electrons. The van der Waals surface area contributed by atoms with E-state index >= 15 is 0 Å². The van der Waals surface area contributed by atoms with Crippen LogP contribution in [0.15, 0.2) is 52.5 Å². The van der Waals surface area contributed by atoms with Crippen LogP contribution in [-0.2, 0) is 14.8 Å². The molecule has 1 aromatic carbocycles. The van der Waals surface area contributed by atoms with E-state index in [4.69, 9.17) is 0 Å². The minimum Gasteiger partial charge on any atom is -0.290 e. The van der Waals surface area contributed by atoms with Gasteiger partial charge in [-0.3, -0.25) is 4.79 Å². The summed E-state index contributed by atoms with van der Waals surface area (Å²) in [6, 6.07) is 6.89. The zero-order valence-electron chi connectivity index (χ0n) is 13.6. The van der Waals surface area contributed by atoms with Crippen LogP contribution in [0.3, 0.4) is 0 Å². The third-order valence-electron chi connectivity index (χ3n) is 4.34. The minimum atomic E-state index is -3.51. The van der Waals surface area contributed by atoms with Gasteiger partial charge in [-0.15, -0.1) is 0 Å². The van der Waals surface area contributed by atoms with Crippen LogP contribution in [0, 0.1) is 18.8 Å². The van der Waals surface area contributed by atoms with Crippen molar-refractivity contribution in [2.45, 2.75) is 25.7 Å². The molecule has 0 spiro atoms. The third-order valence-corrected chi connectivity index (χ3v) is 6.17. The Labute approximate surface area is 137 Å². The maximum atomic E-state index is 12.8. The van der Waals surface area contributed by atoms with E-state index in [2.05, 4.69) is 0 Å². The fourth-order valence-electron chi connectivity index (χ4n) is 3.17. The monoisotopic (exact) mass is 331 g/mol. The Morgan fingerprint density at radius 1 is 1.22 bits per heavy atom. The van der Waals surface area contributed by atoms with Crippen molar-refractivity contribution < 1.29 is 13.2 Å². The molecule has 0 aromatic heterocycles. The molecule has 2 aliphatic rings. The molecule has 0 saturated carbocycles. The summed E-state index contributed by atoms with van der Waals surface area (Å²) in [5.74, 6) is 0.223. The summed E-state index contributed by atoms with van der Waals surface area (Å²) in [7, 11) is -3.51. The third kappa shape index (κ3) is 2.91. The van der Waals surface area contributed by atoms with E-state index in [9.17, 15) is 13.2 Å². The van der Waals surface area contributed by atoms with E-state index in [1.54, 1.807) is 30.3 Å². The molecule has 1 aliphatic carbocycles. The molecule has 0 amide bonds. The van der Waals surface area contributed by atoms with Gasteiger partial charge in [-0.25, -0.2) is 8.42 Å². The van der Waals surface area contributed by atoms with Gasteiger partial charge in [-0.05, 0) is 36.6 Å². The predicted octanol–water partition coefficient (Wildman–Crippen LogP) is 2.71. The molecule has 122 valence electrons. The molecule has 0 bridgehead atoms. The number of nitrogens with zero attached hydrogens (tertiary/aromatic N) is 1. The molecule has 0 N–H and O–H groups in total. The van der Waals surface area contributed by atoms with Crippen LogP contribution in [0.1, 0.15) is 19.4 Å². The van der Waals surface area contributed by atoms with E-state index in [0.29, 0.717) is 18.0 Å². The lowest BCUT2D eigenvalue weighted by Gasteiger charge is -2.17. The molecule has 1 aliphatic heterocycles. The number of ketones is 1. The SMILES string of the molecule is Cc1ccc(S(=O)(=O)N2CC3=CC(=O)/C(=C\C(C)C)C3C2)cc1. The van der Waals surface area contributed by atoms with E-state index in [1.165, 1.54) is 4.31 Å². The number of hydrogen-bond acceptors (Lipinski definition) is 3. The molecule has 23 heavy (non-hydrogen) atoms. The van der Waals surface area contributed by atoms with Gasteiger partial charge in [-0.1, -0.05) is 37.6 Å². The molecule has 1 fully saturated rings. The number of fused-ring (bicyclic) bond motifs is 1. The summed E-state index contributed by atoms with van der Waals surface area (Å²) < 4.78 is 27.0. The Morgan fingerprint density at radius 3 is 2.48 bits per heavy atom. The van der Waals surface area contributed by atoms with Crippen LogP contribution in [-0.4, -0.2) is 31.6 Å². The topological polar surface area (TPSA) is 54.5 Å². The molecule has 5 heteroatoms. The standard InChI is InChI=1S/C18H21NO3S/c1-12(2)8-16-17-11-19(10-14(17)9-18(16)20)23(21,22)15-6-4-13(3)5-7-15/h4-9,12,17H,10-11H2,1-3H3/b16-8-. The average Bonchev–Trinajstić information content (AvgIpc) is 2.99. The van der Waals surface area contributed by atoms with Crippen molar-refractivity contribution >= 4 is 15.8 Å². The van der Waals surface area contributed by atoms with Gasteiger partial charge in [0.25, 0.3) is 0 Å². The average molecular weight is 331 g/mol. The molecule has 1 aromatic rings. The first-order valence-corrected chi connectivity index (χ1v) is 9.26. The largest absolute Gasteiger partial charge is 0.290 e. The Bertz CT molecular complexity index is 801. The van der Waals surface area contributed by atoms with E-state index < -0.39 is 10.0 Å². The van der Waals surface area contributed by atoms with Crippen molar-refractivity contribution in [2.24, 2.45) is 11.8 Å². The first kappa shape index (κ1) is 16.1. The minimum absolute atomic E-state index is 0.0334. The Kier molecular flexibility index (Phi) is 4.02. The van der Waals surface area contributed by atoms with Gasteiger partial charge in [0.15, 0.2) is 5.78 Å². The number of carbonyl (C=O) groups excluding carboxylic acids is 1. The molecule has 4 nitrogen and oxygen atoms in total. The van der Waals surface area contributed by atoms with E-state index in [1.807, 2.05) is 26.8 Å². The zero-order chi connectivity index (χ0) is 16.8. The lowest BCUT2D eigenvalue weighted by atomic mass is 9.96. The van der Waals surface area contributed by atoms with Gasteiger partial charge in [-0.2, -0.15) is 4.31 Å². The first-order chi connectivity index (χ1) is 10.8. The maximum Gasteiger partial charge on any atom is 0.243 e. The van der Waals surface area contributed by atoms with Crippen LogP contribution in [0.5, 0.6) is 0 Å². The van der Waals surface area contributed by atoms with Crippen molar-refractivity contribution in [3.63, 3.8) is 0 Å². The Balaban J connectivity index is 1.89. The summed E-state index contributed by atoms with van der Waals surface area (Å²) in [5, 5.41) is 0. The highest BCUT2D eigenvalue weighted by Crippen LogP contribution is 2.38. The molecule has 3 rings (SSSR count). The highest BCUT2D eigenvalue weighted by molar-refractivity contribution is 7.89. The van der Waals surface area contributed by atoms with Gasteiger partial charge in [0, 0.05) is 24.6 Å². The lowest BCUT2D eigenvalue weighted by molar-refractivity contribution is -0.111. The second kappa shape index (κ2) is 5.73. The quantitative estimate of drug-likeness (QED) is 0.800. The van der Waals surface area contributed by atoms with Crippen LogP contribution in [0.2, 0.25) is 0 Å². The fraction of sp³-hybridized carbons (Fsp3) is 0.389. The predicted molar refractivity (Wildman–Crippen MR) is 89.4 cm³/mol. The highest BCUT2D eigenvalue weighted by Gasteiger charge is 2.42. The van der Waals surface area contributed by atoms with Gasteiger partial charge in [0.05, 0.1) is 4.90 Å². The fourth-order valence-corrected chi connectivity index (χ4v) is 4.61. The number of allylic oxidation sites excluding steroid dienone is 2. The zero-order valence-corrected chi connectivity index (χ0v) is 14.4. The van der Waals surface area contributed by atoms with Crippen molar-refractivity contribution in [3.05, 3.63) is 53.1 Å². The maximum absolute atomic E-state index is 12.8. The van der Waals surface area contributed by atoms with E-state index in [0.717, 1.165) is 16.7 Å². The number of carbonyl (C=O) groups is 1. The van der Waals surface area contributed by atoms with Crippen LogP contribution >= 0.6 is 0 Å². The number of aryl methyl sites for hydroxylation is 1. The first-order valence-electron chi connectivity index (χ1n) is 7.82. The Morgan fingerprint density at radius 2 is 1.87 bits per heavy atom. The molecular weight excluding hydrogens is 310 g/mol. The Hall–Kier alpha value is -1.72. The summed E-state index contributed by atoms with van der Waals surface area (Å²) in [6.07, 6.45) is 3.57. The van der Waals surface area contributed by atoms with Gasteiger partial charge >= 0.3 is 0 Å². The molecule has 1 heterocycles. The second-order valence-electron chi connectivity index (χ2n) is 6.61. The van der Waals surface area contributed by atoms with Crippen LogP contribution in [0.4, 0.5) is 0 Å². The van der Waals surface area contributed by atoms with Crippen molar-refractivity contribution in [2.75, 3.05) is 13.1 Å². The van der Waals surface area contributed by atoms with Crippen LogP contribution < -0.4 is 0 Å². The van der Waals surface area contributed by atoms with Gasteiger partial charge < -0.3 is 0 Å². The summed E-state index contributed by atoms with van der Waals surface area (Å²) in [5.41, 5.74) is 2.69. The molecule has 1 unspecified atom stereocenters. The summed E-state index contributed by atoms with van der Waals surface area (Å²) in [6.45, 7) is 6.63. The molecular formula is C18H21NO3S. The number of rotatable bonds is 3. The lowest BCUT2D eigenvalue weighted by Crippen LogP contribution is -2.29.